The van der Waals surface area contributed by atoms with E-state index in [1.807, 2.05) is 45.0 Å². The maximum absolute atomic E-state index is 12.6. The number of carbonyl (C=O) groups is 2. The third-order valence-electron chi connectivity index (χ3n) is 3.98. The molecule has 0 spiro atoms. The van der Waals surface area contributed by atoms with Gasteiger partial charge in [-0.1, -0.05) is 32.0 Å². The van der Waals surface area contributed by atoms with Crippen molar-refractivity contribution in [3.05, 3.63) is 45.7 Å². The second-order valence-electron chi connectivity index (χ2n) is 6.10. The Kier molecular flexibility index (Phi) is 6.36. The van der Waals surface area contributed by atoms with Gasteiger partial charge in [0.15, 0.2) is 5.69 Å². The van der Waals surface area contributed by atoms with E-state index < -0.39 is 0 Å². The number of para-hydroxylation sites is 1. The Morgan fingerprint density at radius 3 is 2.56 bits per heavy atom. The molecule has 0 bridgehead atoms. The Hall–Kier alpha value is -2.15. The maximum atomic E-state index is 12.6. The van der Waals surface area contributed by atoms with E-state index in [1.54, 1.807) is 11.8 Å². The van der Waals surface area contributed by atoms with Crippen LogP contribution < -0.4 is 5.32 Å². The standard InChI is InChI=1S/C18H23BrN4O2/c1-5-23(12(4)24)10-13-8-6-7-9-14(13)20-18(25)17-15(19)16(11(2)3)21-22-17/h6-9,11H,5,10H2,1-4H3,(H,20,25)(H,21,22). The quantitative estimate of drug-likeness (QED) is 0.762. The van der Waals surface area contributed by atoms with E-state index in [9.17, 15) is 9.59 Å². The minimum absolute atomic E-state index is 0.000232. The fourth-order valence-corrected chi connectivity index (χ4v) is 3.30. The van der Waals surface area contributed by atoms with Gasteiger partial charge >= 0.3 is 0 Å². The van der Waals surface area contributed by atoms with Gasteiger partial charge in [-0.15, -0.1) is 0 Å². The third-order valence-corrected chi connectivity index (χ3v) is 4.78. The molecule has 25 heavy (non-hydrogen) atoms. The summed E-state index contributed by atoms with van der Waals surface area (Å²) in [5.41, 5.74) is 2.75. The first-order valence-electron chi connectivity index (χ1n) is 8.23. The highest BCUT2D eigenvalue weighted by atomic mass is 79.9. The topological polar surface area (TPSA) is 78.1 Å². The lowest BCUT2D eigenvalue weighted by Crippen LogP contribution is -2.28. The zero-order valence-electron chi connectivity index (χ0n) is 14.9. The number of hydrogen-bond donors (Lipinski definition) is 2. The molecule has 6 nitrogen and oxygen atoms in total. The molecule has 0 unspecified atom stereocenters. The SMILES string of the molecule is CCN(Cc1ccccc1NC(=O)c1n[nH]c(C(C)C)c1Br)C(C)=O. The van der Waals surface area contributed by atoms with Crippen LogP contribution in [0.2, 0.25) is 0 Å². The van der Waals surface area contributed by atoms with Crippen molar-refractivity contribution >= 4 is 33.4 Å². The predicted molar refractivity (Wildman–Crippen MR) is 102 cm³/mol. The summed E-state index contributed by atoms with van der Waals surface area (Å²) in [6, 6.07) is 7.47. The molecular weight excluding hydrogens is 384 g/mol. The summed E-state index contributed by atoms with van der Waals surface area (Å²) in [4.78, 5) is 26.0. The van der Waals surface area contributed by atoms with Crippen molar-refractivity contribution in [1.29, 1.82) is 0 Å². The number of nitrogens with one attached hydrogen (secondary N) is 2. The van der Waals surface area contributed by atoms with Crippen molar-refractivity contribution in [2.24, 2.45) is 0 Å². The summed E-state index contributed by atoms with van der Waals surface area (Å²) in [7, 11) is 0. The number of aromatic nitrogens is 2. The number of anilines is 1. The number of nitrogens with zero attached hydrogens (tertiary/aromatic N) is 2. The van der Waals surface area contributed by atoms with Gasteiger partial charge in [0.25, 0.3) is 5.91 Å². The van der Waals surface area contributed by atoms with Crippen LogP contribution in [0.1, 0.15) is 55.4 Å². The van der Waals surface area contributed by atoms with E-state index in [2.05, 4.69) is 31.4 Å². The number of amides is 2. The number of hydrogen-bond acceptors (Lipinski definition) is 3. The molecule has 134 valence electrons. The van der Waals surface area contributed by atoms with Crippen molar-refractivity contribution in [1.82, 2.24) is 15.1 Å². The maximum Gasteiger partial charge on any atom is 0.277 e. The summed E-state index contributed by atoms with van der Waals surface area (Å²) in [6.07, 6.45) is 0. The number of aromatic amines is 1. The lowest BCUT2D eigenvalue weighted by Gasteiger charge is -2.20. The normalized spacial score (nSPS) is 10.8. The Balaban J connectivity index is 2.23. The van der Waals surface area contributed by atoms with Crippen LogP contribution in [-0.4, -0.2) is 33.5 Å². The van der Waals surface area contributed by atoms with E-state index in [0.717, 1.165) is 11.3 Å². The number of halogens is 1. The number of rotatable bonds is 6. The average Bonchev–Trinajstić information content (AvgIpc) is 2.95. The number of H-pyrrole nitrogens is 1. The van der Waals surface area contributed by atoms with Gasteiger partial charge < -0.3 is 10.2 Å². The first-order chi connectivity index (χ1) is 11.8. The van der Waals surface area contributed by atoms with Gasteiger partial charge in [0.1, 0.15) is 0 Å². The molecule has 0 saturated heterocycles. The Morgan fingerprint density at radius 2 is 2.00 bits per heavy atom. The number of benzene rings is 1. The van der Waals surface area contributed by atoms with Crippen LogP contribution in [0.5, 0.6) is 0 Å². The van der Waals surface area contributed by atoms with Crippen molar-refractivity contribution in [2.45, 2.75) is 40.2 Å². The third kappa shape index (κ3) is 4.48. The molecular formula is C18H23BrN4O2. The van der Waals surface area contributed by atoms with Gasteiger partial charge in [-0.25, -0.2) is 0 Å². The molecule has 1 aromatic heterocycles. The number of carbonyl (C=O) groups excluding carboxylic acids is 2. The summed E-state index contributed by atoms with van der Waals surface area (Å²) in [5, 5.41) is 9.92. The van der Waals surface area contributed by atoms with Crippen LogP contribution >= 0.6 is 15.9 Å². The van der Waals surface area contributed by atoms with Gasteiger partial charge in [0.2, 0.25) is 5.91 Å². The Morgan fingerprint density at radius 1 is 1.32 bits per heavy atom. The van der Waals surface area contributed by atoms with Crippen LogP contribution in [0.3, 0.4) is 0 Å². The summed E-state index contributed by atoms with van der Waals surface area (Å²) in [5.74, 6) is -0.0713. The molecule has 1 heterocycles. The van der Waals surface area contributed by atoms with E-state index in [0.29, 0.717) is 28.9 Å². The van der Waals surface area contributed by atoms with Crippen LogP contribution in [-0.2, 0) is 11.3 Å². The van der Waals surface area contributed by atoms with E-state index in [4.69, 9.17) is 0 Å². The molecule has 2 amide bonds. The van der Waals surface area contributed by atoms with Crippen molar-refractivity contribution in [2.75, 3.05) is 11.9 Å². The van der Waals surface area contributed by atoms with Crippen molar-refractivity contribution in [3.63, 3.8) is 0 Å². The van der Waals surface area contributed by atoms with Crippen LogP contribution in [0.4, 0.5) is 5.69 Å². The highest BCUT2D eigenvalue weighted by Gasteiger charge is 2.20. The fourth-order valence-electron chi connectivity index (χ4n) is 2.49. The molecule has 1 aromatic carbocycles. The molecule has 0 atom stereocenters. The van der Waals surface area contributed by atoms with E-state index in [1.165, 1.54) is 0 Å². The second-order valence-corrected chi connectivity index (χ2v) is 6.89. The zero-order valence-corrected chi connectivity index (χ0v) is 16.5. The highest BCUT2D eigenvalue weighted by molar-refractivity contribution is 9.10. The Bertz CT molecular complexity index is 770. The first-order valence-corrected chi connectivity index (χ1v) is 9.02. The van der Waals surface area contributed by atoms with Gasteiger partial charge in [0.05, 0.1) is 10.2 Å². The second kappa shape index (κ2) is 8.29. The lowest BCUT2D eigenvalue weighted by atomic mass is 10.1. The summed E-state index contributed by atoms with van der Waals surface area (Å²) >= 11 is 3.45. The molecule has 2 aromatic rings. The zero-order chi connectivity index (χ0) is 18.6. The van der Waals surface area contributed by atoms with E-state index in [-0.39, 0.29) is 17.7 Å². The largest absolute Gasteiger partial charge is 0.339 e. The molecule has 2 N–H and O–H groups in total. The van der Waals surface area contributed by atoms with Crippen LogP contribution in [0, 0.1) is 0 Å². The molecule has 0 aliphatic carbocycles. The smallest absolute Gasteiger partial charge is 0.277 e. The van der Waals surface area contributed by atoms with Gasteiger partial charge in [-0.2, -0.15) is 5.10 Å². The molecule has 0 radical (unpaired) electrons. The van der Waals surface area contributed by atoms with Crippen LogP contribution in [0.25, 0.3) is 0 Å². The average molecular weight is 407 g/mol. The molecule has 0 fully saturated rings. The minimum atomic E-state index is -0.298. The minimum Gasteiger partial charge on any atom is -0.339 e. The molecule has 0 aliphatic rings. The molecule has 2 rings (SSSR count). The highest BCUT2D eigenvalue weighted by Crippen LogP contribution is 2.26. The van der Waals surface area contributed by atoms with Gasteiger partial charge in [-0.05, 0) is 40.4 Å². The molecule has 0 aliphatic heterocycles. The summed E-state index contributed by atoms with van der Waals surface area (Å²) < 4.78 is 0.677. The van der Waals surface area contributed by atoms with Crippen LogP contribution in [0.15, 0.2) is 28.7 Å². The van der Waals surface area contributed by atoms with Crippen molar-refractivity contribution < 1.29 is 9.59 Å². The van der Waals surface area contributed by atoms with Gasteiger partial charge in [-0.3, -0.25) is 14.7 Å². The lowest BCUT2D eigenvalue weighted by molar-refractivity contribution is -0.129. The summed E-state index contributed by atoms with van der Waals surface area (Å²) in [6.45, 7) is 8.57. The Labute approximate surface area is 156 Å². The van der Waals surface area contributed by atoms with Crippen molar-refractivity contribution in [3.8, 4) is 0 Å². The van der Waals surface area contributed by atoms with Gasteiger partial charge in [0, 0.05) is 25.7 Å². The molecule has 0 saturated carbocycles. The first kappa shape index (κ1) is 19.2. The van der Waals surface area contributed by atoms with E-state index >= 15 is 0 Å². The monoisotopic (exact) mass is 406 g/mol. The fraction of sp³-hybridized carbons (Fsp3) is 0.389. The predicted octanol–water partition coefficient (Wildman–Crippen LogP) is 3.92. The molecule has 7 heteroatoms.